The molecule has 5 aromatic heterocycles. The molecule has 0 amide bonds. The summed E-state index contributed by atoms with van der Waals surface area (Å²) in [5, 5.41) is 7.61. The Hall–Kier alpha value is -4.57. The van der Waals surface area contributed by atoms with Gasteiger partial charge in [0.1, 0.15) is 23.4 Å². The van der Waals surface area contributed by atoms with Gasteiger partial charge in [-0.1, -0.05) is 6.07 Å². The quantitative estimate of drug-likeness (QED) is 0.356. The summed E-state index contributed by atoms with van der Waals surface area (Å²) >= 11 is 0. The Bertz CT molecular complexity index is 1680. The number of nitrogens with zero attached hydrogens (tertiary/aromatic N) is 7. The number of likely N-dealkylation sites (N-methyl/N-ethyl adjacent to an activating group) is 1. The Balaban J connectivity index is 1.37. The van der Waals surface area contributed by atoms with Gasteiger partial charge in [0.15, 0.2) is 11.5 Å². The van der Waals surface area contributed by atoms with Crippen molar-refractivity contribution in [3.63, 3.8) is 0 Å². The van der Waals surface area contributed by atoms with Crippen LogP contribution in [0.2, 0.25) is 0 Å². The zero-order valence-corrected chi connectivity index (χ0v) is 20.2. The zero-order chi connectivity index (χ0) is 24.6. The third-order valence-corrected chi connectivity index (χ3v) is 5.93. The molecule has 36 heavy (non-hydrogen) atoms. The number of aryl methyl sites for hydroxylation is 1. The minimum atomic E-state index is 0.586. The number of para-hydroxylation sites is 1. The second kappa shape index (κ2) is 8.90. The number of fused-ring (bicyclic) bond motifs is 2. The third-order valence-electron chi connectivity index (χ3n) is 5.93. The first-order valence-electron chi connectivity index (χ1n) is 11.6. The van der Waals surface area contributed by atoms with Crippen LogP contribution >= 0.6 is 0 Å². The standard InChI is InChI=1S/C26H25N9O/c1-16-14-35(15-28-16)22-6-4-5-20-23(22)31-26(30-20)25-24-21(32-33-25)8-7-19(29-24)17-11-18(13-27-12-17)36-10-9-34(2)3/h4-8,11-15H,9-10H2,1-3H3,(H,30,31)(H,32,33). The van der Waals surface area contributed by atoms with Gasteiger partial charge < -0.3 is 19.2 Å². The fourth-order valence-electron chi connectivity index (χ4n) is 4.10. The van der Waals surface area contributed by atoms with Crippen LogP contribution in [0.25, 0.3) is 50.5 Å². The van der Waals surface area contributed by atoms with E-state index < -0.39 is 0 Å². The second-order valence-corrected chi connectivity index (χ2v) is 8.91. The van der Waals surface area contributed by atoms with E-state index in [9.17, 15) is 0 Å². The van der Waals surface area contributed by atoms with E-state index in [0.717, 1.165) is 51.3 Å². The maximum Gasteiger partial charge on any atom is 0.161 e. The second-order valence-electron chi connectivity index (χ2n) is 8.91. The van der Waals surface area contributed by atoms with Gasteiger partial charge in [0.25, 0.3) is 0 Å². The van der Waals surface area contributed by atoms with E-state index in [2.05, 4.69) is 30.0 Å². The molecule has 1 aromatic carbocycles. The van der Waals surface area contributed by atoms with Crippen molar-refractivity contribution >= 4 is 22.1 Å². The number of ether oxygens (including phenoxy) is 1. The number of benzene rings is 1. The van der Waals surface area contributed by atoms with Crippen molar-refractivity contribution in [2.24, 2.45) is 0 Å². The Kier molecular flexibility index (Phi) is 5.42. The van der Waals surface area contributed by atoms with Crippen molar-refractivity contribution in [2.45, 2.75) is 6.92 Å². The van der Waals surface area contributed by atoms with Crippen molar-refractivity contribution in [3.8, 4) is 34.2 Å². The molecule has 0 atom stereocenters. The van der Waals surface area contributed by atoms with Gasteiger partial charge in [0.2, 0.25) is 0 Å². The highest BCUT2D eigenvalue weighted by molar-refractivity contribution is 5.93. The first kappa shape index (κ1) is 21.9. The molecule has 10 heteroatoms. The van der Waals surface area contributed by atoms with Gasteiger partial charge in [-0.2, -0.15) is 5.10 Å². The predicted octanol–water partition coefficient (Wildman–Crippen LogP) is 4.00. The molecule has 0 radical (unpaired) electrons. The van der Waals surface area contributed by atoms with Gasteiger partial charge in [-0.25, -0.2) is 15.0 Å². The van der Waals surface area contributed by atoms with Gasteiger partial charge in [0, 0.05) is 24.5 Å². The largest absolute Gasteiger partial charge is 0.491 e. The number of nitrogens with one attached hydrogen (secondary N) is 2. The highest BCUT2D eigenvalue weighted by Gasteiger charge is 2.17. The third kappa shape index (κ3) is 4.07. The van der Waals surface area contributed by atoms with Crippen LogP contribution < -0.4 is 4.74 Å². The highest BCUT2D eigenvalue weighted by Crippen LogP contribution is 2.30. The SMILES string of the molecule is Cc1cn(-c2cccc3[nH]c(-c4n[nH]c5ccc(-c6cncc(OCCN(C)C)c6)nc45)nc23)cn1. The molecule has 0 aliphatic rings. The maximum absolute atomic E-state index is 5.86. The number of aromatic amines is 2. The molecular formula is C26H25N9O. The summed E-state index contributed by atoms with van der Waals surface area (Å²) in [6.45, 7) is 3.38. The molecule has 10 nitrogen and oxygen atoms in total. The van der Waals surface area contributed by atoms with E-state index in [0.29, 0.717) is 23.9 Å². The average Bonchev–Trinajstić information content (AvgIpc) is 3.61. The molecule has 0 aliphatic carbocycles. The molecule has 0 saturated carbocycles. The van der Waals surface area contributed by atoms with E-state index >= 15 is 0 Å². The molecule has 6 rings (SSSR count). The monoisotopic (exact) mass is 479 g/mol. The van der Waals surface area contributed by atoms with E-state index in [4.69, 9.17) is 14.7 Å². The van der Waals surface area contributed by atoms with Crippen LogP contribution in [0.15, 0.2) is 61.3 Å². The Morgan fingerprint density at radius 1 is 1.03 bits per heavy atom. The number of imidazole rings is 2. The van der Waals surface area contributed by atoms with Crippen LogP contribution in [0, 0.1) is 6.92 Å². The summed E-state index contributed by atoms with van der Waals surface area (Å²) < 4.78 is 7.83. The molecule has 0 spiro atoms. The molecule has 2 N–H and O–H groups in total. The van der Waals surface area contributed by atoms with E-state index in [1.165, 1.54) is 0 Å². The number of H-pyrrole nitrogens is 2. The smallest absolute Gasteiger partial charge is 0.161 e. The van der Waals surface area contributed by atoms with Crippen molar-refractivity contribution < 1.29 is 4.74 Å². The van der Waals surface area contributed by atoms with Crippen LogP contribution in [0.3, 0.4) is 0 Å². The molecule has 180 valence electrons. The molecular weight excluding hydrogens is 454 g/mol. The van der Waals surface area contributed by atoms with Crippen LogP contribution in [0.4, 0.5) is 0 Å². The summed E-state index contributed by atoms with van der Waals surface area (Å²) in [7, 11) is 4.03. The van der Waals surface area contributed by atoms with Crippen molar-refractivity contribution in [2.75, 3.05) is 27.2 Å². The number of hydrogen-bond donors (Lipinski definition) is 2. The predicted molar refractivity (Wildman–Crippen MR) is 138 cm³/mol. The summed E-state index contributed by atoms with van der Waals surface area (Å²) in [5.41, 5.74) is 7.49. The maximum atomic E-state index is 5.86. The molecule has 0 bridgehead atoms. The van der Waals surface area contributed by atoms with Crippen molar-refractivity contribution in [1.82, 2.24) is 44.6 Å². The summed E-state index contributed by atoms with van der Waals surface area (Å²) in [6, 6.07) is 11.9. The van der Waals surface area contributed by atoms with Gasteiger partial charge in [0.05, 0.1) is 40.6 Å². The highest BCUT2D eigenvalue weighted by atomic mass is 16.5. The molecule has 6 aromatic rings. The molecule has 5 heterocycles. The first-order valence-corrected chi connectivity index (χ1v) is 11.6. The normalized spacial score (nSPS) is 11.7. The Morgan fingerprint density at radius 2 is 1.94 bits per heavy atom. The lowest BCUT2D eigenvalue weighted by Crippen LogP contribution is -2.19. The van der Waals surface area contributed by atoms with Crippen molar-refractivity contribution in [3.05, 3.63) is 67.0 Å². The van der Waals surface area contributed by atoms with Gasteiger partial charge >= 0.3 is 0 Å². The summed E-state index contributed by atoms with van der Waals surface area (Å²) in [6.07, 6.45) is 7.28. The van der Waals surface area contributed by atoms with E-state index in [-0.39, 0.29) is 0 Å². The van der Waals surface area contributed by atoms with Crippen LogP contribution in [0.5, 0.6) is 5.75 Å². The number of rotatable bonds is 7. The number of aromatic nitrogens is 8. The van der Waals surface area contributed by atoms with E-state index in [1.54, 1.807) is 18.7 Å². The van der Waals surface area contributed by atoms with Gasteiger partial charge in [-0.3, -0.25) is 10.1 Å². The lowest BCUT2D eigenvalue weighted by molar-refractivity contribution is 0.261. The fourth-order valence-corrected chi connectivity index (χ4v) is 4.10. The van der Waals surface area contributed by atoms with Crippen LogP contribution in [-0.2, 0) is 0 Å². The minimum absolute atomic E-state index is 0.586. The lowest BCUT2D eigenvalue weighted by Gasteiger charge is -2.11. The van der Waals surface area contributed by atoms with E-state index in [1.807, 2.05) is 68.2 Å². The average molecular weight is 480 g/mol. The Labute approximate surface area is 207 Å². The molecule has 0 fully saturated rings. The zero-order valence-electron chi connectivity index (χ0n) is 20.2. The first-order chi connectivity index (χ1) is 17.5. The van der Waals surface area contributed by atoms with Crippen LogP contribution in [-0.4, -0.2) is 71.8 Å². The number of pyridine rings is 2. The lowest BCUT2D eigenvalue weighted by atomic mass is 10.1. The topological polar surface area (TPSA) is 113 Å². The number of hydrogen-bond acceptors (Lipinski definition) is 7. The van der Waals surface area contributed by atoms with Crippen molar-refractivity contribution in [1.29, 1.82) is 0 Å². The summed E-state index contributed by atoms with van der Waals surface area (Å²) in [4.78, 5) is 24.0. The van der Waals surface area contributed by atoms with Gasteiger partial charge in [-0.05, 0) is 51.4 Å². The Morgan fingerprint density at radius 3 is 2.78 bits per heavy atom. The summed E-state index contributed by atoms with van der Waals surface area (Å²) in [5.74, 6) is 1.35. The molecule has 0 unspecified atom stereocenters. The van der Waals surface area contributed by atoms with Crippen LogP contribution in [0.1, 0.15) is 5.69 Å². The molecule has 0 aliphatic heterocycles. The molecule has 0 saturated heterocycles. The fraction of sp³-hybridized carbons (Fsp3) is 0.192. The minimum Gasteiger partial charge on any atom is -0.491 e. The van der Waals surface area contributed by atoms with Gasteiger partial charge in [-0.15, -0.1) is 0 Å².